The predicted molar refractivity (Wildman–Crippen MR) is 307 cm³/mol. The number of methoxy groups -OCH3 is 1. The smallest absolute Gasteiger partial charge is 0.325 e. The number of allylic oxidation sites excluding steroid dienone is 1. The van der Waals surface area contributed by atoms with Gasteiger partial charge in [-0.3, -0.25) is 24.0 Å². The Bertz CT molecular complexity index is 2850. The number of esters is 1. The van der Waals surface area contributed by atoms with Gasteiger partial charge in [-0.05, 0) is 64.0 Å². The quantitative estimate of drug-likeness (QED) is 0.0154. The van der Waals surface area contributed by atoms with Crippen molar-refractivity contribution in [3.63, 3.8) is 0 Å². The number of amides is 4. The van der Waals surface area contributed by atoms with E-state index in [1.807, 2.05) is 146 Å². The van der Waals surface area contributed by atoms with E-state index in [1.54, 1.807) is 17.8 Å². The number of carbonyl (C=O) groups excluding carboxylic acids is 5. The molecule has 0 unspecified atom stereocenters. The largest absolute Gasteiger partial charge is 0.468 e. The highest BCUT2D eigenvalue weighted by molar-refractivity contribution is 8.00. The van der Waals surface area contributed by atoms with Crippen LogP contribution in [0.15, 0.2) is 224 Å². The number of carbonyl (C=O) groups is 5. The molecule has 1 fully saturated rings. The monoisotopic (exact) mass is 1060 g/mol. The number of hydrogen-bond donors (Lipinski definition) is 5. The van der Waals surface area contributed by atoms with E-state index in [1.165, 1.54) is 18.9 Å². The van der Waals surface area contributed by atoms with Crippen LogP contribution in [0.5, 0.6) is 0 Å². The predicted octanol–water partition coefficient (Wildman–Crippen LogP) is 9.28. The topological polar surface area (TPSA) is 163 Å². The van der Waals surface area contributed by atoms with E-state index >= 15 is 0 Å². The lowest BCUT2D eigenvalue weighted by molar-refractivity contribution is -0.141. The van der Waals surface area contributed by atoms with E-state index in [0.717, 1.165) is 38.9 Å². The molecule has 1 aliphatic rings. The molecule has 7 aromatic carbocycles. The minimum atomic E-state index is -1.30. The van der Waals surface area contributed by atoms with Gasteiger partial charge in [-0.25, -0.2) is 0 Å². The summed E-state index contributed by atoms with van der Waals surface area (Å²) in [4.78, 5) is 69.1. The van der Waals surface area contributed by atoms with Crippen LogP contribution in [0.4, 0.5) is 0 Å². The molecular weight excluding hydrogens is 1000 g/mol. The maximum absolute atomic E-state index is 14.9. The van der Waals surface area contributed by atoms with Gasteiger partial charge < -0.3 is 31.1 Å². The molecule has 0 radical (unpaired) electrons. The van der Waals surface area contributed by atoms with Gasteiger partial charge in [-0.15, -0.1) is 23.5 Å². The fraction of sp³-hybridized carbons (Fsp3) is 0.234. The Hall–Kier alpha value is -7.71. The summed E-state index contributed by atoms with van der Waals surface area (Å²) in [5.74, 6) is -2.27. The molecule has 1 aliphatic carbocycles. The van der Waals surface area contributed by atoms with E-state index in [0.29, 0.717) is 25.0 Å². The van der Waals surface area contributed by atoms with E-state index < -0.39 is 62.8 Å². The number of aliphatic hydroxyl groups excluding tert-OH is 1. The highest BCUT2D eigenvalue weighted by atomic mass is 32.2. The average Bonchev–Trinajstić information content (AvgIpc) is 4.28. The van der Waals surface area contributed by atoms with E-state index in [-0.39, 0.29) is 25.1 Å². The molecule has 0 bridgehead atoms. The number of hydrogen-bond acceptors (Lipinski definition) is 9. The molecule has 0 saturated heterocycles. The minimum Gasteiger partial charge on any atom is -0.468 e. The van der Waals surface area contributed by atoms with Gasteiger partial charge in [0.25, 0.3) is 0 Å². The molecule has 5 N–H and O–H groups in total. The zero-order valence-electron chi connectivity index (χ0n) is 43.0. The van der Waals surface area contributed by atoms with Gasteiger partial charge in [0.1, 0.15) is 24.2 Å². The van der Waals surface area contributed by atoms with Crippen LogP contribution >= 0.6 is 23.5 Å². The molecule has 0 spiro atoms. The number of thioether (sulfide) groups is 2. The maximum atomic E-state index is 14.9. The van der Waals surface area contributed by atoms with Crippen LogP contribution in [-0.4, -0.2) is 83.6 Å². The number of rotatable bonds is 26. The molecule has 11 nitrogen and oxygen atoms in total. The number of benzene rings is 7. The van der Waals surface area contributed by atoms with Gasteiger partial charge in [0.05, 0.1) is 29.1 Å². The molecule has 0 aromatic heterocycles. The SMILES string of the molecule is COC(=O)CNC(=O)C1(NC(=O)[C@@H](CSC(c2ccccc2)(c2ccccc2)c2ccccc2)NC(=O)[C@@H](Cc2ccccc2)NC(=O)C[C@H](O)C=CCCSC(c2ccccc2)(c2ccccc2)c2ccccc2)CC1. The van der Waals surface area contributed by atoms with Crippen molar-refractivity contribution in [1.29, 1.82) is 0 Å². The molecule has 7 aromatic rings. The molecule has 0 aliphatic heterocycles. The van der Waals surface area contributed by atoms with Gasteiger partial charge >= 0.3 is 5.97 Å². The molecule has 1 saturated carbocycles. The number of nitrogens with one attached hydrogen (secondary N) is 4. The van der Waals surface area contributed by atoms with Crippen molar-refractivity contribution in [2.75, 3.05) is 25.2 Å². The van der Waals surface area contributed by atoms with Crippen LogP contribution in [0.1, 0.15) is 64.6 Å². The van der Waals surface area contributed by atoms with Crippen molar-refractivity contribution < 1.29 is 33.8 Å². The molecule has 77 heavy (non-hydrogen) atoms. The van der Waals surface area contributed by atoms with Crippen LogP contribution in [0.25, 0.3) is 0 Å². The lowest BCUT2D eigenvalue weighted by Crippen LogP contribution is -2.59. The van der Waals surface area contributed by atoms with Gasteiger partial charge in [-0.2, -0.15) is 0 Å². The van der Waals surface area contributed by atoms with Gasteiger partial charge in [-0.1, -0.05) is 224 Å². The second-order valence-electron chi connectivity index (χ2n) is 18.9. The van der Waals surface area contributed by atoms with Gasteiger partial charge in [0.15, 0.2) is 0 Å². The highest BCUT2D eigenvalue weighted by Crippen LogP contribution is 2.50. The second-order valence-corrected chi connectivity index (χ2v) is 21.5. The zero-order valence-corrected chi connectivity index (χ0v) is 44.6. The van der Waals surface area contributed by atoms with Crippen molar-refractivity contribution in [3.8, 4) is 0 Å². The lowest BCUT2D eigenvalue weighted by atomic mass is 9.84. The third-order valence-electron chi connectivity index (χ3n) is 13.6. The molecule has 3 atom stereocenters. The van der Waals surface area contributed by atoms with Crippen molar-refractivity contribution >= 4 is 53.1 Å². The number of ether oxygens (including phenoxy) is 1. The Morgan fingerprint density at radius 3 is 1.40 bits per heavy atom. The fourth-order valence-electron chi connectivity index (χ4n) is 9.55. The van der Waals surface area contributed by atoms with Crippen molar-refractivity contribution in [3.05, 3.63) is 263 Å². The highest BCUT2D eigenvalue weighted by Gasteiger charge is 2.52. The summed E-state index contributed by atoms with van der Waals surface area (Å²) in [7, 11) is 1.22. The first-order chi connectivity index (χ1) is 37.6. The Kier molecular flexibility index (Phi) is 19.4. The van der Waals surface area contributed by atoms with Crippen LogP contribution in [0.3, 0.4) is 0 Å². The van der Waals surface area contributed by atoms with Crippen LogP contribution in [0.2, 0.25) is 0 Å². The zero-order chi connectivity index (χ0) is 53.9. The van der Waals surface area contributed by atoms with Crippen LogP contribution in [0, 0.1) is 0 Å². The molecule has 0 heterocycles. The summed E-state index contributed by atoms with van der Waals surface area (Å²) in [5.41, 5.74) is 5.71. The first-order valence-electron chi connectivity index (χ1n) is 25.8. The standard InChI is InChI=1S/C64H64N4O7S2/c1-75-58(71)45-65-61(74)62(40-41-62)68-60(73)56(46-77-64(51-33-17-6-18-34-51,52-35-19-7-20-36-52)53-37-21-8-22-38-53)67-59(72)55(43-47-25-9-2-10-26-47)66-57(70)44-54(69)39-23-24-42-76-63(48-27-11-3-12-28-48,49-29-13-4-14-30-49)50-31-15-5-16-32-50/h2-23,25-39,54-56,69H,24,40-46H2,1H3,(H,65,74)(H,66,70)(H,67,72)(H,68,73)/t54-,55-,56-/m1/s1. The Balaban J connectivity index is 1.01. The average molecular weight is 1070 g/mol. The van der Waals surface area contributed by atoms with Crippen LogP contribution in [-0.2, 0) is 44.6 Å². The molecular formula is C64H64N4O7S2. The van der Waals surface area contributed by atoms with Gasteiger partial charge in [0, 0.05) is 12.2 Å². The Labute approximate surface area is 459 Å². The molecule has 13 heteroatoms. The molecule has 4 amide bonds. The first kappa shape index (κ1) is 55.5. The third kappa shape index (κ3) is 14.0. The normalized spacial score (nSPS) is 14.1. The minimum absolute atomic E-state index is 0.0209. The van der Waals surface area contributed by atoms with E-state index in [4.69, 9.17) is 4.74 Å². The Morgan fingerprint density at radius 1 is 0.571 bits per heavy atom. The van der Waals surface area contributed by atoms with Crippen molar-refractivity contribution in [1.82, 2.24) is 21.3 Å². The number of aliphatic hydroxyl groups is 1. The summed E-state index contributed by atoms with van der Waals surface area (Å²) in [5, 5.41) is 22.7. The third-order valence-corrected chi connectivity index (χ3v) is 16.9. The second kappa shape index (κ2) is 26.9. The van der Waals surface area contributed by atoms with Gasteiger partial charge in [0.2, 0.25) is 23.6 Å². The van der Waals surface area contributed by atoms with Crippen LogP contribution < -0.4 is 21.3 Å². The lowest BCUT2D eigenvalue weighted by Gasteiger charge is -2.37. The Morgan fingerprint density at radius 2 is 0.987 bits per heavy atom. The molecule has 394 valence electrons. The summed E-state index contributed by atoms with van der Waals surface area (Å²) in [6.45, 7) is -0.375. The van der Waals surface area contributed by atoms with Crippen molar-refractivity contribution in [2.24, 2.45) is 0 Å². The molecule has 8 rings (SSSR count). The fourth-order valence-corrected chi connectivity index (χ4v) is 12.6. The summed E-state index contributed by atoms with van der Waals surface area (Å²) >= 11 is 3.26. The summed E-state index contributed by atoms with van der Waals surface area (Å²) in [6, 6.07) is 67.9. The summed E-state index contributed by atoms with van der Waals surface area (Å²) < 4.78 is 3.34. The van der Waals surface area contributed by atoms with E-state index in [2.05, 4.69) is 94.1 Å². The first-order valence-corrected chi connectivity index (χ1v) is 27.8. The summed E-state index contributed by atoms with van der Waals surface area (Å²) in [6.07, 6.45) is 3.35. The van der Waals surface area contributed by atoms with Crippen molar-refractivity contribution in [2.45, 2.75) is 65.3 Å². The van der Waals surface area contributed by atoms with E-state index in [9.17, 15) is 29.1 Å². The maximum Gasteiger partial charge on any atom is 0.325 e.